The zero-order valence-electron chi connectivity index (χ0n) is 10.6. The smallest absolute Gasteiger partial charge is 0.0991 e. The molecular weight excluding hydrogens is 224 g/mol. The van der Waals surface area contributed by atoms with Gasteiger partial charge in [-0.25, -0.2) is 0 Å². The second-order valence-corrected chi connectivity index (χ2v) is 4.42. The molecule has 1 N–H and O–H groups in total. The average molecular weight is 240 g/mol. The molecule has 2 rings (SSSR count). The second-order valence-electron chi connectivity index (χ2n) is 4.42. The SMILES string of the molecule is CC(C)n1ccc(CNc2ccc(C#N)cc2)n1. The second kappa shape index (κ2) is 5.37. The molecule has 92 valence electrons. The van der Waals surface area contributed by atoms with Crippen molar-refractivity contribution in [1.29, 1.82) is 5.26 Å². The molecule has 0 radical (unpaired) electrons. The quantitative estimate of drug-likeness (QED) is 0.893. The third-order valence-electron chi connectivity index (χ3n) is 2.68. The lowest BCUT2D eigenvalue weighted by molar-refractivity contribution is 0.527. The molecule has 0 saturated heterocycles. The minimum absolute atomic E-state index is 0.383. The number of nitrogens with zero attached hydrogens (tertiary/aromatic N) is 3. The standard InChI is InChI=1S/C14H16N4/c1-11(2)18-8-7-14(17-18)10-16-13-5-3-12(9-15)4-6-13/h3-8,11,16H,10H2,1-2H3. The highest BCUT2D eigenvalue weighted by Crippen LogP contribution is 2.11. The number of anilines is 1. The molecule has 0 spiro atoms. The molecule has 0 atom stereocenters. The summed E-state index contributed by atoms with van der Waals surface area (Å²) in [6.45, 7) is 4.89. The number of hydrogen-bond donors (Lipinski definition) is 1. The van der Waals surface area contributed by atoms with Crippen LogP contribution in [0.15, 0.2) is 36.5 Å². The van der Waals surface area contributed by atoms with Gasteiger partial charge < -0.3 is 5.32 Å². The molecule has 0 fully saturated rings. The Bertz CT molecular complexity index is 546. The van der Waals surface area contributed by atoms with Crippen LogP contribution < -0.4 is 5.32 Å². The van der Waals surface area contributed by atoms with Gasteiger partial charge in [0.15, 0.2) is 0 Å². The molecule has 0 aliphatic heterocycles. The van der Waals surface area contributed by atoms with E-state index < -0.39 is 0 Å². The van der Waals surface area contributed by atoms with Crippen LogP contribution in [0.1, 0.15) is 31.1 Å². The molecule has 4 nitrogen and oxygen atoms in total. The van der Waals surface area contributed by atoms with Gasteiger partial charge >= 0.3 is 0 Å². The van der Waals surface area contributed by atoms with E-state index in [0.29, 0.717) is 18.2 Å². The van der Waals surface area contributed by atoms with Crippen molar-refractivity contribution in [2.24, 2.45) is 0 Å². The van der Waals surface area contributed by atoms with Crippen LogP contribution in [0.3, 0.4) is 0 Å². The predicted molar refractivity (Wildman–Crippen MR) is 71.1 cm³/mol. The molecule has 0 amide bonds. The molecule has 0 aliphatic carbocycles. The van der Waals surface area contributed by atoms with Gasteiger partial charge in [0, 0.05) is 17.9 Å². The monoisotopic (exact) mass is 240 g/mol. The van der Waals surface area contributed by atoms with E-state index in [1.165, 1.54) is 0 Å². The predicted octanol–water partition coefficient (Wildman–Crippen LogP) is 2.95. The summed E-state index contributed by atoms with van der Waals surface area (Å²) < 4.78 is 1.94. The molecule has 0 aliphatic rings. The zero-order chi connectivity index (χ0) is 13.0. The van der Waals surface area contributed by atoms with Gasteiger partial charge in [-0.05, 0) is 44.2 Å². The average Bonchev–Trinajstić information content (AvgIpc) is 2.86. The van der Waals surface area contributed by atoms with Crippen LogP contribution in [0.2, 0.25) is 0 Å². The molecule has 0 bridgehead atoms. The van der Waals surface area contributed by atoms with Crippen molar-refractivity contribution in [2.45, 2.75) is 26.4 Å². The molecule has 2 aromatic rings. The highest BCUT2D eigenvalue weighted by molar-refractivity contribution is 5.47. The molecule has 1 aromatic carbocycles. The van der Waals surface area contributed by atoms with Gasteiger partial charge in [0.1, 0.15) is 0 Å². The lowest BCUT2D eigenvalue weighted by Crippen LogP contribution is -2.04. The summed E-state index contributed by atoms with van der Waals surface area (Å²) in [5.74, 6) is 0. The minimum Gasteiger partial charge on any atom is -0.379 e. The maximum atomic E-state index is 8.71. The largest absolute Gasteiger partial charge is 0.379 e. The van der Waals surface area contributed by atoms with Crippen LogP contribution in [0.4, 0.5) is 5.69 Å². The van der Waals surface area contributed by atoms with Crippen molar-refractivity contribution in [3.05, 3.63) is 47.8 Å². The van der Waals surface area contributed by atoms with E-state index in [1.807, 2.05) is 29.1 Å². The van der Waals surface area contributed by atoms with Gasteiger partial charge in [-0.3, -0.25) is 4.68 Å². The summed E-state index contributed by atoms with van der Waals surface area (Å²) in [6.07, 6.45) is 1.99. The van der Waals surface area contributed by atoms with Crippen molar-refractivity contribution in [3.63, 3.8) is 0 Å². The summed E-state index contributed by atoms with van der Waals surface area (Å²) in [6, 6.07) is 11.9. The molecule has 0 unspecified atom stereocenters. The van der Waals surface area contributed by atoms with E-state index in [-0.39, 0.29) is 0 Å². The van der Waals surface area contributed by atoms with E-state index in [4.69, 9.17) is 5.26 Å². The van der Waals surface area contributed by atoms with Gasteiger partial charge in [-0.2, -0.15) is 10.4 Å². The first-order valence-corrected chi connectivity index (χ1v) is 5.97. The minimum atomic E-state index is 0.383. The lowest BCUT2D eigenvalue weighted by atomic mass is 10.2. The first-order chi connectivity index (χ1) is 8.69. The van der Waals surface area contributed by atoms with Crippen LogP contribution in [0.5, 0.6) is 0 Å². The topological polar surface area (TPSA) is 53.6 Å². The van der Waals surface area contributed by atoms with Crippen molar-refractivity contribution in [2.75, 3.05) is 5.32 Å². The summed E-state index contributed by atoms with van der Waals surface area (Å²) in [5.41, 5.74) is 2.67. The maximum absolute atomic E-state index is 8.71. The molecule has 1 heterocycles. The Labute approximate surface area is 107 Å². The maximum Gasteiger partial charge on any atom is 0.0991 e. The van der Waals surface area contributed by atoms with E-state index in [0.717, 1.165) is 11.4 Å². The van der Waals surface area contributed by atoms with Crippen LogP contribution in [-0.4, -0.2) is 9.78 Å². The first-order valence-electron chi connectivity index (χ1n) is 5.97. The fourth-order valence-corrected chi connectivity index (χ4v) is 1.61. The van der Waals surface area contributed by atoms with Crippen molar-refractivity contribution in [3.8, 4) is 6.07 Å². The van der Waals surface area contributed by atoms with Crippen molar-refractivity contribution in [1.82, 2.24) is 9.78 Å². The zero-order valence-corrected chi connectivity index (χ0v) is 10.6. The molecule has 18 heavy (non-hydrogen) atoms. The highest BCUT2D eigenvalue weighted by atomic mass is 15.3. The molecule has 0 saturated carbocycles. The highest BCUT2D eigenvalue weighted by Gasteiger charge is 2.01. The van der Waals surface area contributed by atoms with Crippen LogP contribution in [0, 0.1) is 11.3 Å². The molecule has 1 aromatic heterocycles. The molecular formula is C14H16N4. The van der Waals surface area contributed by atoms with Crippen LogP contribution in [-0.2, 0) is 6.54 Å². The number of hydrogen-bond acceptors (Lipinski definition) is 3. The lowest BCUT2D eigenvalue weighted by Gasteiger charge is -2.05. The Morgan fingerprint density at radius 2 is 2.00 bits per heavy atom. The summed E-state index contributed by atoms with van der Waals surface area (Å²) >= 11 is 0. The van der Waals surface area contributed by atoms with Crippen LogP contribution in [0.25, 0.3) is 0 Å². The van der Waals surface area contributed by atoms with Gasteiger partial charge in [-0.1, -0.05) is 0 Å². The molecule has 4 heteroatoms. The fourth-order valence-electron chi connectivity index (χ4n) is 1.61. The Hall–Kier alpha value is -2.28. The number of aromatic nitrogens is 2. The fraction of sp³-hybridized carbons (Fsp3) is 0.286. The van der Waals surface area contributed by atoms with Gasteiger partial charge in [0.2, 0.25) is 0 Å². The third-order valence-corrected chi connectivity index (χ3v) is 2.68. The normalized spacial score (nSPS) is 10.3. The van der Waals surface area contributed by atoms with E-state index in [2.05, 4.69) is 30.3 Å². The Morgan fingerprint density at radius 3 is 2.56 bits per heavy atom. The summed E-state index contributed by atoms with van der Waals surface area (Å²) in [4.78, 5) is 0. The Morgan fingerprint density at radius 1 is 1.28 bits per heavy atom. The van der Waals surface area contributed by atoms with Gasteiger partial charge in [0.25, 0.3) is 0 Å². The summed E-state index contributed by atoms with van der Waals surface area (Å²) in [5, 5.41) is 16.4. The third kappa shape index (κ3) is 2.89. The summed E-state index contributed by atoms with van der Waals surface area (Å²) in [7, 11) is 0. The Kier molecular flexibility index (Phi) is 3.63. The number of benzene rings is 1. The van der Waals surface area contributed by atoms with E-state index in [1.54, 1.807) is 12.1 Å². The number of rotatable bonds is 4. The van der Waals surface area contributed by atoms with E-state index in [9.17, 15) is 0 Å². The van der Waals surface area contributed by atoms with Crippen LogP contribution >= 0.6 is 0 Å². The first kappa shape index (κ1) is 12.2. The van der Waals surface area contributed by atoms with Crippen molar-refractivity contribution >= 4 is 5.69 Å². The number of nitriles is 1. The number of nitrogens with one attached hydrogen (secondary N) is 1. The van der Waals surface area contributed by atoms with E-state index >= 15 is 0 Å². The van der Waals surface area contributed by atoms with Gasteiger partial charge in [0.05, 0.1) is 23.9 Å². The Balaban J connectivity index is 1.96. The van der Waals surface area contributed by atoms with Gasteiger partial charge in [-0.15, -0.1) is 0 Å². The van der Waals surface area contributed by atoms with Crippen molar-refractivity contribution < 1.29 is 0 Å².